The first-order chi connectivity index (χ1) is 13.1. The van der Waals surface area contributed by atoms with Gasteiger partial charge in [-0.05, 0) is 19.1 Å². The molecule has 8 heteroatoms. The van der Waals surface area contributed by atoms with Crippen molar-refractivity contribution in [2.75, 3.05) is 12.4 Å². The van der Waals surface area contributed by atoms with Gasteiger partial charge in [0.05, 0.1) is 12.4 Å². The van der Waals surface area contributed by atoms with Crippen molar-refractivity contribution in [3.05, 3.63) is 65.0 Å². The minimum atomic E-state index is -0.483. The van der Waals surface area contributed by atoms with Crippen molar-refractivity contribution >= 4 is 23.4 Å². The van der Waals surface area contributed by atoms with Crippen LogP contribution >= 0.6 is 11.8 Å². The molecule has 3 aromatic rings. The maximum Gasteiger partial charge on any atom is 0.278 e. The third-order valence-electron chi connectivity index (χ3n) is 3.72. The molecule has 1 unspecified atom stereocenters. The molecule has 138 valence electrons. The van der Waals surface area contributed by atoms with E-state index in [0.717, 1.165) is 11.8 Å². The average Bonchev–Trinajstić information content (AvgIpc) is 2.69. The number of amides is 1. The molecule has 0 aliphatic heterocycles. The van der Waals surface area contributed by atoms with E-state index in [2.05, 4.69) is 20.5 Å². The van der Waals surface area contributed by atoms with Gasteiger partial charge in [-0.15, -0.1) is 10.2 Å². The number of nitrogens with one attached hydrogen (secondary N) is 2. The highest BCUT2D eigenvalue weighted by Crippen LogP contribution is 2.22. The summed E-state index contributed by atoms with van der Waals surface area (Å²) in [6.45, 7) is 1.73. The molecule has 0 aliphatic carbocycles. The van der Waals surface area contributed by atoms with E-state index in [1.807, 2.05) is 18.2 Å². The largest absolute Gasteiger partial charge is 0.497 e. The summed E-state index contributed by atoms with van der Waals surface area (Å²) in [7, 11) is 1.56. The van der Waals surface area contributed by atoms with Crippen LogP contribution in [-0.2, 0) is 4.79 Å². The van der Waals surface area contributed by atoms with Crippen LogP contribution in [-0.4, -0.2) is 33.4 Å². The summed E-state index contributed by atoms with van der Waals surface area (Å²) in [5, 5.41) is 10.6. The van der Waals surface area contributed by atoms with Crippen LogP contribution < -0.4 is 15.6 Å². The number of nitrogens with zero attached hydrogens (tertiary/aromatic N) is 2. The first-order valence-corrected chi connectivity index (χ1v) is 9.09. The number of H-pyrrole nitrogens is 1. The van der Waals surface area contributed by atoms with Crippen LogP contribution in [0.5, 0.6) is 5.75 Å². The molecule has 1 atom stereocenters. The minimum Gasteiger partial charge on any atom is -0.497 e. The van der Waals surface area contributed by atoms with E-state index in [4.69, 9.17) is 4.74 Å². The minimum absolute atomic E-state index is 0.219. The number of ether oxygens (including phenoxy) is 1. The highest BCUT2D eigenvalue weighted by Gasteiger charge is 2.17. The molecule has 3 rings (SSSR count). The fourth-order valence-corrected chi connectivity index (χ4v) is 3.07. The SMILES string of the molecule is COc1cccc(NC(=O)C(C)Sc2nnc(-c3ccccc3)c(=O)[nH]2)c1. The van der Waals surface area contributed by atoms with Gasteiger partial charge < -0.3 is 10.1 Å². The second-order valence-corrected chi connectivity index (χ2v) is 6.98. The second-order valence-electron chi connectivity index (χ2n) is 5.66. The Bertz CT molecular complexity index is 991. The normalized spacial score (nSPS) is 11.6. The fraction of sp³-hybridized carbons (Fsp3) is 0.158. The van der Waals surface area contributed by atoms with Crippen LogP contribution in [0.1, 0.15) is 6.92 Å². The van der Waals surface area contributed by atoms with Gasteiger partial charge in [-0.2, -0.15) is 0 Å². The van der Waals surface area contributed by atoms with Crippen LogP contribution in [0.25, 0.3) is 11.3 Å². The summed E-state index contributed by atoms with van der Waals surface area (Å²) in [5.74, 6) is 0.433. The van der Waals surface area contributed by atoms with Gasteiger partial charge in [0.1, 0.15) is 5.75 Å². The van der Waals surface area contributed by atoms with Gasteiger partial charge in [0.2, 0.25) is 5.91 Å². The van der Waals surface area contributed by atoms with Crippen molar-refractivity contribution in [2.24, 2.45) is 0 Å². The zero-order chi connectivity index (χ0) is 19.2. The second kappa shape index (κ2) is 8.50. The number of methoxy groups -OCH3 is 1. The molecule has 0 spiro atoms. The van der Waals surface area contributed by atoms with Gasteiger partial charge in [-0.25, -0.2) is 0 Å². The van der Waals surface area contributed by atoms with Gasteiger partial charge >= 0.3 is 0 Å². The number of aromatic nitrogens is 3. The monoisotopic (exact) mass is 382 g/mol. The van der Waals surface area contributed by atoms with Crippen LogP contribution in [0, 0.1) is 0 Å². The molecule has 1 heterocycles. The number of carbonyl (C=O) groups is 1. The lowest BCUT2D eigenvalue weighted by molar-refractivity contribution is -0.115. The summed E-state index contributed by atoms with van der Waals surface area (Å²) in [4.78, 5) is 27.3. The van der Waals surface area contributed by atoms with E-state index in [1.165, 1.54) is 0 Å². The van der Waals surface area contributed by atoms with E-state index in [0.29, 0.717) is 17.0 Å². The summed E-state index contributed by atoms with van der Waals surface area (Å²) >= 11 is 1.13. The number of thioether (sulfide) groups is 1. The Kier molecular flexibility index (Phi) is 5.87. The number of aromatic amines is 1. The zero-order valence-electron chi connectivity index (χ0n) is 14.8. The summed E-state index contributed by atoms with van der Waals surface area (Å²) in [6.07, 6.45) is 0. The number of carbonyl (C=O) groups excluding carboxylic acids is 1. The molecule has 2 aromatic carbocycles. The Labute approximate surface area is 160 Å². The first-order valence-electron chi connectivity index (χ1n) is 8.21. The summed E-state index contributed by atoms with van der Waals surface area (Å²) in [6, 6.07) is 16.2. The van der Waals surface area contributed by atoms with Gasteiger partial charge in [-0.1, -0.05) is 48.2 Å². The molecule has 0 saturated carbocycles. The Hall–Kier alpha value is -3.13. The number of benzene rings is 2. The molecule has 7 nitrogen and oxygen atoms in total. The van der Waals surface area contributed by atoms with Crippen LogP contribution in [0.3, 0.4) is 0 Å². The van der Waals surface area contributed by atoms with Gasteiger partial charge in [0.15, 0.2) is 10.9 Å². The fourth-order valence-electron chi connectivity index (χ4n) is 2.33. The number of rotatable bonds is 6. The Morgan fingerprint density at radius 3 is 2.63 bits per heavy atom. The third kappa shape index (κ3) is 4.73. The number of anilines is 1. The predicted molar refractivity (Wildman–Crippen MR) is 105 cm³/mol. The van der Waals surface area contributed by atoms with Crippen LogP contribution in [0.2, 0.25) is 0 Å². The lowest BCUT2D eigenvalue weighted by Gasteiger charge is -2.12. The molecule has 2 N–H and O–H groups in total. The van der Waals surface area contributed by atoms with Crippen molar-refractivity contribution in [3.8, 4) is 17.0 Å². The van der Waals surface area contributed by atoms with E-state index < -0.39 is 5.25 Å². The van der Waals surface area contributed by atoms with Gasteiger partial charge in [0.25, 0.3) is 5.56 Å². The Morgan fingerprint density at radius 2 is 1.93 bits per heavy atom. The third-order valence-corrected chi connectivity index (χ3v) is 4.69. The Morgan fingerprint density at radius 1 is 1.15 bits per heavy atom. The number of hydrogen-bond acceptors (Lipinski definition) is 6. The molecule has 0 fully saturated rings. The van der Waals surface area contributed by atoms with E-state index in [-0.39, 0.29) is 22.3 Å². The first kappa shape index (κ1) is 18.7. The molecule has 0 aliphatic rings. The molecule has 0 saturated heterocycles. The van der Waals surface area contributed by atoms with Crippen LogP contribution in [0.15, 0.2) is 64.5 Å². The highest BCUT2D eigenvalue weighted by molar-refractivity contribution is 8.00. The van der Waals surface area contributed by atoms with Crippen molar-refractivity contribution in [1.29, 1.82) is 0 Å². The van der Waals surface area contributed by atoms with E-state index in [9.17, 15) is 9.59 Å². The van der Waals surface area contributed by atoms with Crippen molar-refractivity contribution in [1.82, 2.24) is 15.2 Å². The topological polar surface area (TPSA) is 97.0 Å². The van der Waals surface area contributed by atoms with Crippen molar-refractivity contribution < 1.29 is 9.53 Å². The van der Waals surface area contributed by atoms with Crippen molar-refractivity contribution in [3.63, 3.8) is 0 Å². The molecule has 1 aromatic heterocycles. The molecular weight excluding hydrogens is 364 g/mol. The molecule has 27 heavy (non-hydrogen) atoms. The summed E-state index contributed by atoms with van der Waals surface area (Å²) < 4.78 is 5.14. The summed E-state index contributed by atoms with van der Waals surface area (Å²) in [5.41, 5.74) is 1.21. The smallest absolute Gasteiger partial charge is 0.278 e. The average molecular weight is 382 g/mol. The van der Waals surface area contributed by atoms with Crippen molar-refractivity contribution in [2.45, 2.75) is 17.3 Å². The Balaban J connectivity index is 1.68. The number of hydrogen-bond donors (Lipinski definition) is 2. The predicted octanol–water partition coefficient (Wildman–Crippen LogP) is 2.96. The quantitative estimate of drug-likeness (QED) is 0.636. The van der Waals surface area contributed by atoms with E-state index in [1.54, 1.807) is 50.4 Å². The maximum atomic E-state index is 12.4. The lowest BCUT2D eigenvalue weighted by Crippen LogP contribution is -2.23. The van der Waals surface area contributed by atoms with Crippen LogP contribution in [0.4, 0.5) is 5.69 Å². The van der Waals surface area contributed by atoms with Gasteiger partial charge in [-0.3, -0.25) is 14.6 Å². The standard InChI is InChI=1S/C19H18N4O3S/c1-12(17(24)20-14-9-6-10-15(11-14)26-2)27-19-21-18(25)16(22-23-19)13-7-4-3-5-8-13/h3-12H,1-2H3,(H,20,24)(H,21,23,25). The zero-order valence-corrected chi connectivity index (χ0v) is 15.6. The highest BCUT2D eigenvalue weighted by atomic mass is 32.2. The molecule has 1 amide bonds. The lowest BCUT2D eigenvalue weighted by atomic mass is 10.2. The molecule has 0 bridgehead atoms. The molecular formula is C19H18N4O3S. The maximum absolute atomic E-state index is 12.4. The van der Waals surface area contributed by atoms with E-state index >= 15 is 0 Å². The molecule has 0 radical (unpaired) electrons. The van der Waals surface area contributed by atoms with Gasteiger partial charge in [0, 0.05) is 17.3 Å².